The summed E-state index contributed by atoms with van der Waals surface area (Å²) in [6.45, 7) is 3.95. The van der Waals surface area contributed by atoms with E-state index < -0.39 is 11.7 Å². The number of ether oxygens (including phenoxy) is 1. The van der Waals surface area contributed by atoms with Crippen LogP contribution in [-0.4, -0.2) is 59.7 Å². The van der Waals surface area contributed by atoms with Crippen LogP contribution < -0.4 is 4.74 Å². The maximum atomic E-state index is 11.5. The summed E-state index contributed by atoms with van der Waals surface area (Å²) in [7, 11) is 3.28. The van der Waals surface area contributed by atoms with E-state index in [-0.39, 0.29) is 19.0 Å². The molecule has 0 heterocycles. The normalized spacial score (nSPS) is 11.4. The van der Waals surface area contributed by atoms with E-state index in [4.69, 9.17) is 4.74 Å². The number of rotatable bonds is 7. The van der Waals surface area contributed by atoms with Crippen molar-refractivity contribution in [3.63, 3.8) is 0 Å². The lowest BCUT2D eigenvalue weighted by Crippen LogP contribution is -2.45. The summed E-state index contributed by atoms with van der Waals surface area (Å²) in [5.41, 5.74) is -0.704. The Morgan fingerprint density at radius 3 is 2.33 bits per heavy atom. The fourth-order valence-electron chi connectivity index (χ4n) is 1.95. The molecule has 0 saturated carbocycles. The first-order valence-electron chi connectivity index (χ1n) is 7.41. The SMILES string of the molecule is CN(C)C(=O)C=CCN(CC(C)(C)Oc1ccc(I)cc1)C(=O)O. The van der Waals surface area contributed by atoms with Crippen molar-refractivity contribution in [3.05, 3.63) is 40.0 Å². The molecule has 0 aromatic heterocycles. The standard InChI is InChI=1S/C17H23IN2O4/c1-17(2,24-14-9-7-13(18)8-10-14)12-20(16(22)23)11-5-6-15(21)19(3)4/h5-10H,11-12H2,1-4H3,(H,22,23). The molecule has 1 N–H and O–H groups in total. The number of carbonyl (C=O) groups is 2. The van der Waals surface area contributed by atoms with Gasteiger partial charge in [-0.2, -0.15) is 0 Å². The third-order valence-electron chi connectivity index (χ3n) is 3.08. The molecule has 0 radical (unpaired) electrons. The second-order valence-electron chi connectivity index (χ2n) is 6.11. The van der Waals surface area contributed by atoms with Crippen molar-refractivity contribution in [2.24, 2.45) is 0 Å². The summed E-state index contributed by atoms with van der Waals surface area (Å²) in [4.78, 5) is 25.6. The summed E-state index contributed by atoms with van der Waals surface area (Å²) in [5.74, 6) is 0.499. The molecule has 2 amide bonds. The highest BCUT2D eigenvalue weighted by molar-refractivity contribution is 14.1. The van der Waals surface area contributed by atoms with Crippen LogP contribution in [0.1, 0.15) is 13.8 Å². The minimum atomic E-state index is -1.06. The molecule has 1 aromatic rings. The van der Waals surface area contributed by atoms with Gasteiger partial charge in [0.15, 0.2) is 0 Å². The highest BCUT2D eigenvalue weighted by atomic mass is 127. The zero-order valence-electron chi connectivity index (χ0n) is 14.3. The van der Waals surface area contributed by atoms with Gasteiger partial charge in [-0.3, -0.25) is 4.79 Å². The lowest BCUT2D eigenvalue weighted by molar-refractivity contribution is -0.123. The Morgan fingerprint density at radius 2 is 1.83 bits per heavy atom. The predicted molar refractivity (Wildman–Crippen MR) is 101 cm³/mol. The monoisotopic (exact) mass is 446 g/mol. The van der Waals surface area contributed by atoms with Crippen LogP contribution in [0.15, 0.2) is 36.4 Å². The Morgan fingerprint density at radius 1 is 1.25 bits per heavy atom. The van der Waals surface area contributed by atoms with Crippen LogP contribution in [-0.2, 0) is 4.79 Å². The molecule has 0 spiro atoms. The zero-order valence-corrected chi connectivity index (χ0v) is 16.5. The van der Waals surface area contributed by atoms with Crippen molar-refractivity contribution in [3.8, 4) is 5.75 Å². The molecule has 7 heteroatoms. The fourth-order valence-corrected chi connectivity index (χ4v) is 2.31. The average molecular weight is 446 g/mol. The van der Waals surface area contributed by atoms with E-state index in [9.17, 15) is 14.7 Å². The first kappa shape index (κ1) is 20.3. The molecule has 0 aliphatic heterocycles. The molecule has 24 heavy (non-hydrogen) atoms. The van der Waals surface area contributed by atoms with Gasteiger partial charge in [-0.05, 0) is 60.7 Å². The van der Waals surface area contributed by atoms with Gasteiger partial charge in [-0.25, -0.2) is 4.79 Å². The second kappa shape index (κ2) is 8.91. The highest BCUT2D eigenvalue weighted by Crippen LogP contribution is 2.20. The highest BCUT2D eigenvalue weighted by Gasteiger charge is 2.26. The number of hydrogen-bond acceptors (Lipinski definition) is 3. The van der Waals surface area contributed by atoms with Crippen molar-refractivity contribution in [2.75, 3.05) is 27.2 Å². The Bertz CT molecular complexity index is 597. The molecule has 0 bridgehead atoms. The maximum absolute atomic E-state index is 11.5. The lowest BCUT2D eigenvalue weighted by atomic mass is 10.1. The Labute approximate surface area is 156 Å². The topological polar surface area (TPSA) is 70.1 Å². The van der Waals surface area contributed by atoms with E-state index in [0.717, 1.165) is 3.57 Å². The van der Waals surface area contributed by atoms with E-state index in [1.54, 1.807) is 14.1 Å². The summed E-state index contributed by atoms with van der Waals surface area (Å²) in [6, 6.07) is 7.56. The second-order valence-corrected chi connectivity index (χ2v) is 7.36. The van der Waals surface area contributed by atoms with Gasteiger partial charge in [0.25, 0.3) is 0 Å². The maximum Gasteiger partial charge on any atom is 0.407 e. The van der Waals surface area contributed by atoms with E-state index in [0.29, 0.717) is 5.75 Å². The van der Waals surface area contributed by atoms with Gasteiger partial charge < -0.3 is 19.6 Å². The summed E-state index contributed by atoms with van der Waals surface area (Å²) >= 11 is 2.21. The van der Waals surface area contributed by atoms with Crippen molar-refractivity contribution >= 4 is 34.6 Å². The van der Waals surface area contributed by atoms with Crippen molar-refractivity contribution in [1.82, 2.24) is 9.80 Å². The van der Waals surface area contributed by atoms with Crippen LogP contribution in [0.3, 0.4) is 0 Å². The number of nitrogens with zero attached hydrogens (tertiary/aromatic N) is 2. The van der Waals surface area contributed by atoms with Gasteiger partial charge in [-0.1, -0.05) is 6.08 Å². The first-order chi connectivity index (χ1) is 11.1. The summed E-state index contributed by atoms with van der Waals surface area (Å²) in [5, 5.41) is 9.35. The average Bonchev–Trinajstić information content (AvgIpc) is 2.47. The molecule has 6 nitrogen and oxygen atoms in total. The molecule has 0 fully saturated rings. The molecule has 0 aliphatic carbocycles. The van der Waals surface area contributed by atoms with Crippen LogP contribution in [0.5, 0.6) is 5.75 Å². The van der Waals surface area contributed by atoms with E-state index in [1.165, 1.54) is 22.0 Å². The van der Waals surface area contributed by atoms with Crippen LogP contribution in [0, 0.1) is 3.57 Å². The minimum absolute atomic E-state index is 0.119. The van der Waals surface area contributed by atoms with Gasteiger partial charge in [0.1, 0.15) is 11.4 Å². The molecular formula is C17H23IN2O4. The molecule has 0 unspecified atom stereocenters. The first-order valence-corrected chi connectivity index (χ1v) is 8.49. The van der Waals surface area contributed by atoms with Crippen LogP contribution in [0.4, 0.5) is 4.79 Å². The Kier molecular flexibility index (Phi) is 7.53. The lowest BCUT2D eigenvalue weighted by Gasteiger charge is -2.31. The Balaban J connectivity index is 2.70. The zero-order chi connectivity index (χ0) is 18.3. The molecule has 0 aliphatic rings. The van der Waals surface area contributed by atoms with Gasteiger partial charge >= 0.3 is 6.09 Å². The molecular weight excluding hydrogens is 423 g/mol. The number of halogens is 1. The minimum Gasteiger partial charge on any atom is -0.486 e. The number of carboxylic acid groups (broad SMARTS) is 1. The Hall–Kier alpha value is -1.77. The van der Waals surface area contributed by atoms with Crippen LogP contribution in [0.2, 0.25) is 0 Å². The largest absolute Gasteiger partial charge is 0.486 e. The molecule has 0 atom stereocenters. The fraction of sp³-hybridized carbons (Fsp3) is 0.412. The number of amides is 2. The third-order valence-corrected chi connectivity index (χ3v) is 3.80. The molecule has 1 aromatic carbocycles. The van der Waals surface area contributed by atoms with Gasteiger partial charge in [-0.15, -0.1) is 0 Å². The molecule has 1 rings (SSSR count). The molecule has 0 saturated heterocycles. The molecule has 132 valence electrons. The van der Waals surface area contributed by atoms with E-state index >= 15 is 0 Å². The number of carbonyl (C=O) groups excluding carboxylic acids is 1. The van der Waals surface area contributed by atoms with Gasteiger partial charge in [0, 0.05) is 30.3 Å². The van der Waals surface area contributed by atoms with Crippen LogP contribution in [0.25, 0.3) is 0 Å². The third kappa shape index (κ3) is 7.20. The van der Waals surface area contributed by atoms with Crippen molar-refractivity contribution in [2.45, 2.75) is 19.4 Å². The van der Waals surface area contributed by atoms with Gasteiger partial charge in [0.2, 0.25) is 5.91 Å². The van der Waals surface area contributed by atoms with E-state index in [2.05, 4.69) is 22.6 Å². The quantitative estimate of drug-likeness (QED) is 0.517. The van der Waals surface area contributed by atoms with Crippen molar-refractivity contribution in [1.29, 1.82) is 0 Å². The smallest absolute Gasteiger partial charge is 0.407 e. The predicted octanol–water partition coefficient (Wildman–Crippen LogP) is 3.07. The summed E-state index contributed by atoms with van der Waals surface area (Å²) in [6.07, 6.45) is 1.84. The number of hydrogen-bond donors (Lipinski definition) is 1. The summed E-state index contributed by atoms with van der Waals surface area (Å²) < 4.78 is 6.99. The van der Waals surface area contributed by atoms with Crippen LogP contribution >= 0.6 is 22.6 Å². The van der Waals surface area contributed by atoms with Gasteiger partial charge in [0.05, 0.1) is 6.54 Å². The van der Waals surface area contributed by atoms with Crippen molar-refractivity contribution < 1.29 is 19.4 Å². The van der Waals surface area contributed by atoms with E-state index in [1.807, 2.05) is 38.1 Å². The number of benzene rings is 1. The number of likely N-dealkylation sites (N-methyl/N-ethyl adjacent to an activating group) is 1.